The van der Waals surface area contributed by atoms with Crippen LogP contribution >= 0.6 is 0 Å². The van der Waals surface area contributed by atoms with Crippen LogP contribution in [0.4, 0.5) is 0 Å². The molecule has 0 saturated carbocycles. The van der Waals surface area contributed by atoms with Crippen LogP contribution in [-0.2, 0) is 20.8 Å². The molecule has 2 fully saturated rings. The third-order valence-electron chi connectivity index (χ3n) is 7.71. The van der Waals surface area contributed by atoms with Crippen molar-refractivity contribution in [1.82, 2.24) is 20.9 Å². The van der Waals surface area contributed by atoms with E-state index in [-0.39, 0.29) is 35.8 Å². The maximum atomic E-state index is 13.6. The van der Waals surface area contributed by atoms with E-state index >= 15 is 0 Å². The molecule has 0 radical (unpaired) electrons. The van der Waals surface area contributed by atoms with Gasteiger partial charge in [-0.15, -0.1) is 0 Å². The molecule has 7 heteroatoms. The zero-order chi connectivity index (χ0) is 23.4. The predicted molar refractivity (Wildman–Crippen MR) is 127 cm³/mol. The average Bonchev–Trinajstić information content (AvgIpc) is 3.24. The first-order chi connectivity index (χ1) is 16.0. The van der Waals surface area contributed by atoms with Gasteiger partial charge in [0.2, 0.25) is 17.7 Å². The van der Waals surface area contributed by atoms with Gasteiger partial charge in [0.1, 0.15) is 12.1 Å². The summed E-state index contributed by atoms with van der Waals surface area (Å²) in [6, 6.07) is 7.07. The fraction of sp³-hybridized carbons (Fsp3) is 0.654. The van der Waals surface area contributed by atoms with Gasteiger partial charge in [-0.2, -0.15) is 0 Å². The highest BCUT2D eigenvalue weighted by Gasteiger charge is 2.44. The van der Waals surface area contributed by atoms with E-state index in [9.17, 15) is 14.4 Å². The van der Waals surface area contributed by atoms with E-state index in [1.54, 1.807) is 7.05 Å². The molecule has 1 aliphatic carbocycles. The predicted octanol–water partition coefficient (Wildman–Crippen LogP) is 2.60. The van der Waals surface area contributed by atoms with Crippen molar-refractivity contribution in [2.75, 3.05) is 7.05 Å². The summed E-state index contributed by atoms with van der Waals surface area (Å²) >= 11 is 0. The maximum absolute atomic E-state index is 13.6. The van der Waals surface area contributed by atoms with Crippen molar-refractivity contribution in [2.45, 2.75) is 101 Å². The van der Waals surface area contributed by atoms with E-state index in [4.69, 9.17) is 0 Å². The highest BCUT2D eigenvalue weighted by atomic mass is 16.2. The Bertz CT molecular complexity index is 869. The lowest BCUT2D eigenvalue weighted by Crippen LogP contribution is -2.58. The minimum atomic E-state index is -0.563. The van der Waals surface area contributed by atoms with Gasteiger partial charge in [0, 0.05) is 6.04 Å². The molecule has 33 heavy (non-hydrogen) atoms. The number of nitrogens with zero attached hydrogens (tertiary/aromatic N) is 1. The van der Waals surface area contributed by atoms with Crippen LogP contribution in [0.1, 0.15) is 81.9 Å². The van der Waals surface area contributed by atoms with Crippen molar-refractivity contribution >= 4 is 17.7 Å². The molecule has 0 spiro atoms. The van der Waals surface area contributed by atoms with E-state index in [1.807, 2.05) is 17.9 Å². The summed E-state index contributed by atoms with van der Waals surface area (Å²) in [5, 5.41) is 9.26. The molecule has 3 aliphatic rings. The lowest BCUT2D eigenvalue weighted by molar-refractivity contribution is -0.144. The molecule has 1 aromatic rings. The van der Waals surface area contributed by atoms with Crippen molar-refractivity contribution in [1.29, 1.82) is 0 Å². The van der Waals surface area contributed by atoms with E-state index in [0.717, 1.165) is 44.9 Å². The van der Waals surface area contributed by atoms with Gasteiger partial charge in [-0.1, -0.05) is 44.0 Å². The van der Waals surface area contributed by atoms with Crippen LogP contribution in [0, 0.1) is 0 Å². The fourth-order valence-electron chi connectivity index (χ4n) is 5.89. The Morgan fingerprint density at radius 2 is 1.76 bits per heavy atom. The topological polar surface area (TPSA) is 90.5 Å². The summed E-state index contributed by atoms with van der Waals surface area (Å²) in [7, 11) is 1.76. The number of aryl methyl sites for hydroxylation is 1. The third-order valence-corrected chi connectivity index (χ3v) is 7.71. The van der Waals surface area contributed by atoms with Crippen molar-refractivity contribution in [3.8, 4) is 0 Å². The zero-order valence-electron chi connectivity index (χ0n) is 19.9. The fourth-order valence-corrected chi connectivity index (χ4v) is 5.89. The van der Waals surface area contributed by atoms with Gasteiger partial charge in [0.25, 0.3) is 0 Å². The molecule has 0 aromatic heterocycles. The number of carbonyl (C=O) groups is 3. The Morgan fingerprint density at radius 1 is 1.00 bits per heavy atom. The first-order valence-electron chi connectivity index (χ1n) is 12.7. The lowest BCUT2D eigenvalue weighted by Gasteiger charge is -2.36. The first kappa shape index (κ1) is 23.7. The largest absolute Gasteiger partial charge is 0.347 e. The molecule has 3 amide bonds. The number of hydrogen-bond acceptors (Lipinski definition) is 4. The molecule has 2 heterocycles. The standard InChI is InChI=1S/C26H38N4O3/c1-3-20(27-2)24(31)29-22-13-7-5-11-18-15-16-23(30(18)26(22)33)25(32)28-21-14-8-10-17-9-4-6-12-19(17)21/h4,6,9,12,18,20-23,27H,3,5,7-8,10-11,13-16H2,1-2H3,(H,28,32)(H,29,31)/t18-,20-,21+,22-,23-/m0/s1. The van der Waals surface area contributed by atoms with Gasteiger partial charge in [0.15, 0.2) is 0 Å². The van der Waals surface area contributed by atoms with Gasteiger partial charge >= 0.3 is 0 Å². The normalized spacial score (nSPS) is 28.2. The Labute approximate surface area is 197 Å². The quantitative estimate of drug-likeness (QED) is 0.616. The van der Waals surface area contributed by atoms with Crippen LogP contribution in [-0.4, -0.2) is 53.8 Å². The van der Waals surface area contributed by atoms with Crippen LogP contribution in [0.3, 0.4) is 0 Å². The van der Waals surface area contributed by atoms with Crippen LogP contribution < -0.4 is 16.0 Å². The van der Waals surface area contributed by atoms with Gasteiger partial charge in [0.05, 0.1) is 12.1 Å². The Hall–Kier alpha value is -2.41. The molecule has 2 saturated heterocycles. The van der Waals surface area contributed by atoms with Crippen LogP contribution in [0.5, 0.6) is 0 Å². The van der Waals surface area contributed by atoms with Crippen molar-refractivity contribution in [3.63, 3.8) is 0 Å². The first-order valence-corrected chi connectivity index (χ1v) is 12.7. The number of likely N-dealkylation sites (N-methyl/N-ethyl adjacent to an activating group) is 1. The summed E-state index contributed by atoms with van der Waals surface area (Å²) in [5.74, 6) is -0.296. The highest BCUT2D eigenvalue weighted by molar-refractivity contribution is 5.94. The third kappa shape index (κ3) is 5.08. The number of hydrogen-bond donors (Lipinski definition) is 3. The Kier molecular flexibility index (Phi) is 7.68. The molecular weight excluding hydrogens is 416 g/mol. The Morgan fingerprint density at radius 3 is 2.55 bits per heavy atom. The molecular formula is C26H38N4O3. The molecule has 1 aromatic carbocycles. The molecule has 0 unspecified atom stereocenters. The average molecular weight is 455 g/mol. The van der Waals surface area contributed by atoms with Crippen molar-refractivity contribution < 1.29 is 14.4 Å². The number of fused-ring (bicyclic) bond motifs is 2. The summed E-state index contributed by atoms with van der Waals surface area (Å²) in [5.41, 5.74) is 2.51. The summed E-state index contributed by atoms with van der Waals surface area (Å²) in [6.07, 6.45) is 8.68. The minimum Gasteiger partial charge on any atom is -0.347 e. The summed E-state index contributed by atoms with van der Waals surface area (Å²) in [4.78, 5) is 41.6. The second kappa shape index (κ2) is 10.7. The van der Waals surface area contributed by atoms with Crippen LogP contribution in [0.25, 0.3) is 0 Å². The lowest BCUT2D eigenvalue weighted by atomic mass is 9.87. The minimum absolute atomic E-state index is 0.00259. The molecule has 4 rings (SSSR count). The molecule has 180 valence electrons. The second-order valence-corrected chi connectivity index (χ2v) is 9.74. The van der Waals surface area contributed by atoms with Gasteiger partial charge in [-0.3, -0.25) is 14.4 Å². The van der Waals surface area contributed by atoms with E-state index in [2.05, 4.69) is 34.1 Å². The Balaban J connectivity index is 1.49. The highest BCUT2D eigenvalue weighted by Crippen LogP contribution is 2.33. The number of amides is 3. The van der Waals surface area contributed by atoms with Crippen molar-refractivity contribution in [2.24, 2.45) is 0 Å². The number of rotatable bonds is 6. The van der Waals surface area contributed by atoms with E-state index in [1.165, 1.54) is 11.1 Å². The monoisotopic (exact) mass is 454 g/mol. The smallest absolute Gasteiger partial charge is 0.246 e. The second-order valence-electron chi connectivity index (χ2n) is 9.74. The van der Waals surface area contributed by atoms with E-state index < -0.39 is 12.1 Å². The zero-order valence-corrected chi connectivity index (χ0v) is 19.9. The SMILES string of the molecule is CC[C@H](NC)C(=O)N[C@H]1CCCC[C@H]2CC[C@@H](C(=O)N[C@@H]3CCCc4ccccc43)N2C1=O. The van der Waals surface area contributed by atoms with Gasteiger partial charge in [-0.25, -0.2) is 0 Å². The number of nitrogens with one attached hydrogen (secondary N) is 3. The molecule has 2 aliphatic heterocycles. The van der Waals surface area contributed by atoms with Gasteiger partial charge in [-0.05, 0) is 69.5 Å². The maximum Gasteiger partial charge on any atom is 0.246 e. The molecule has 0 bridgehead atoms. The molecule has 3 N–H and O–H groups in total. The van der Waals surface area contributed by atoms with Crippen molar-refractivity contribution in [3.05, 3.63) is 35.4 Å². The molecule has 5 atom stereocenters. The number of benzene rings is 1. The van der Waals surface area contributed by atoms with Crippen LogP contribution in [0.15, 0.2) is 24.3 Å². The number of carbonyl (C=O) groups excluding carboxylic acids is 3. The van der Waals surface area contributed by atoms with Crippen LogP contribution in [0.2, 0.25) is 0 Å². The van der Waals surface area contributed by atoms with E-state index in [0.29, 0.717) is 19.3 Å². The summed E-state index contributed by atoms with van der Waals surface area (Å²) < 4.78 is 0. The molecule has 7 nitrogen and oxygen atoms in total. The summed E-state index contributed by atoms with van der Waals surface area (Å²) in [6.45, 7) is 1.95. The van der Waals surface area contributed by atoms with Gasteiger partial charge < -0.3 is 20.9 Å².